The van der Waals surface area contributed by atoms with E-state index < -0.39 is 39.8 Å². The van der Waals surface area contributed by atoms with Crippen LogP contribution in [0.15, 0.2) is 34.3 Å². The van der Waals surface area contributed by atoms with Crippen molar-refractivity contribution in [2.45, 2.75) is 69.2 Å². The minimum atomic E-state index is -4.09. The van der Waals surface area contributed by atoms with Gasteiger partial charge in [0.05, 0.1) is 17.0 Å². The van der Waals surface area contributed by atoms with Gasteiger partial charge in [-0.05, 0) is 58.2 Å². The second-order valence-corrected chi connectivity index (χ2v) is 9.74. The maximum Gasteiger partial charge on any atom is 0.324 e. The number of benzene rings is 1. The lowest BCUT2D eigenvalue weighted by Gasteiger charge is -2.31. The summed E-state index contributed by atoms with van der Waals surface area (Å²) in [5, 5.41) is 14.0. The van der Waals surface area contributed by atoms with E-state index in [1.54, 1.807) is 32.9 Å². The van der Waals surface area contributed by atoms with Crippen LogP contribution in [0.4, 0.5) is 0 Å². The Kier molecular flexibility index (Phi) is 6.71. The number of β-amino-alcohol motifs (C(OH)–C–C–N with tert-alkyl or cyclic N) is 1. The molecule has 0 bridgehead atoms. The molecule has 154 valence electrons. The van der Waals surface area contributed by atoms with E-state index in [-0.39, 0.29) is 24.3 Å². The Labute approximate surface area is 165 Å². The number of hydrogen-bond acceptors (Lipinski definition) is 6. The largest absolute Gasteiger partial charge is 0.459 e. The first-order chi connectivity index (χ1) is 13.0. The number of esters is 1. The van der Waals surface area contributed by atoms with Gasteiger partial charge in [-0.15, -0.1) is 0 Å². The molecule has 0 spiro atoms. The quantitative estimate of drug-likeness (QED) is 0.352. The summed E-state index contributed by atoms with van der Waals surface area (Å²) >= 11 is 0. The first-order valence-corrected chi connectivity index (χ1v) is 10.4. The van der Waals surface area contributed by atoms with Gasteiger partial charge in [0.2, 0.25) is 10.0 Å². The van der Waals surface area contributed by atoms with Crippen LogP contribution in [0.2, 0.25) is 0 Å². The van der Waals surface area contributed by atoms with Crippen molar-refractivity contribution in [3.8, 4) is 0 Å². The minimum Gasteiger partial charge on any atom is -0.459 e. The molecule has 1 N–H and O–H groups in total. The molecule has 0 unspecified atom stereocenters. The van der Waals surface area contributed by atoms with Gasteiger partial charge in [-0.2, -0.15) is 4.31 Å². The van der Waals surface area contributed by atoms with Crippen LogP contribution >= 0.6 is 0 Å². The molecule has 28 heavy (non-hydrogen) atoms. The van der Waals surface area contributed by atoms with Crippen LogP contribution in [0, 0.1) is 6.92 Å². The third-order valence-electron chi connectivity index (χ3n) is 4.40. The lowest BCUT2D eigenvalue weighted by Crippen LogP contribution is -2.49. The number of carbonyl (C=O) groups is 1. The highest BCUT2D eigenvalue weighted by Crippen LogP contribution is 2.28. The Hall–Kier alpha value is -2.13. The van der Waals surface area contributed by atoms with Crippen LogP contribution in [0.25, 0.3) is 10.4 Å². The first kappa shape index (κ1) is 22.2. The summed E-state index contributed by atoms with van der Waals surface area (Å²) in [6, 6.07) is 4.28. The Morgan fingerprint density at radius 3 is 2.43 bits per heavy atom. The van der Waals surface area contributed by atoms with Gasteiger partial charge in [0.1, 0.15) is 11.6 Å². The fourth-order valence-corrected chi connectivity index (χ4v) is 4.64. The van der Waals surface area contributed by atoms with Crippen molar-refractivity contribution in [1.29, 1.82) is 0 Å². The molecule has 10 heteroatoms. The molecule has 1 aliphatic heterocycles. The smallest absolute Gasteiger partial charge is 0.324 e. The predicted molar refractivity (Wildman–Crippen MR) is 103 cm³/mol. The summed E-state index contributed by atoms with van der Waals surface area (Å²) in [5.41, 5.74) is 8.80. The summed E-state index contributed by atoms with van der Waals surface area (Å²) < 4.78 is 32.9. The first-order valence-electron chi connectivity index (χ1n) is 8.99. The van der Waals surface area contributed by atoms with Crippen molar-refractivity contribution >= 4 is 16.0 Å². The highest BCUT2D eigenvalue weighted by Gasteiger charge is 2.43. The van der Waals surface area contributed by atoms with Gasteiger partial charge >= 0.3 is 5.97 Å². The summed E-state index contributed by atoms with van der Waals surface area (Å²) in [4.78, 5) is 15.5. The number of aryl methyl sites for hydroxylation is 1. The van der Waals surface area contributed by atoms with Gasteiger partial charge < -0.3 is 9.84 Å². The van der Waals surface area contributed by atoms with Crippen LogP contribution in [0.1, 0.15) is 39.2 Å². The van der Waals surface area contributed by atoms with Gasteiger partial charge in [-0.3, -0.25) is 4.79 Å². The number of ether oxygens (including phenoxy) is 1. The van der Waals surface area contributed by atoms with Crippen LogP contribution in [0.5, 0.6) is 0 Å². The van der Waals surface area contributed by atoms with Crippen molar-refractivity contribution in [3.63, 3.8) is 0 Å². The van der Waals surface area contributed by atoms with Crippen molar-refractivity contribution in [3.05, 3.63) is 40.3 Å². The molecule has 9 nitrogen and oxygen atoms in total. The molecule has 1 aromatic carbocycles. The Bertz CT molecular complexity index is 857. The van der Waals surface area contributed by atoms with E-state index in [2.05, 4.69) is 10.0 Å². The third-order valence-corrected chi connectivity index (χ3v) is 6.29. The van der Waals surface area contributed by atoms with Crippen molar-refractivity contribution in [2.75, 3.05) is 6.54 Å². The Morgan fingerprint density at radius 1 is 1.29 bits per heavy atom. The van der Waals surface area contributed by atoms with E-state index in [4.69, 9.17) is 10.3 Å². The fourth-order valence-electron chi connectivity index (χ4n) is 3.02. The lowest BCUT2D eigenvalue weighted by atomic mass is 10.1. The topological polar surface area (TPSA) is 133 Å². The average molecular weight is 410 g/mol. The van der Waals surface area contributed by atoms with E-state index in [0.717, 1.165) is 9.87 Å². The maximum atomic E-state index is 13.2. The summed E-state index contributed by atoms with van der Waals surface area (Å²) in [7, 11) is -4.09. The van der Waals surface area contributed by atoms with Crippen molar-refractivity contribution in [1.82, 2.24) is 4.31 Å². The molecule has 0 aliphatic carbocycles. The zero-order valence-corrected chi connectivity index (χ0v) is 17.3. The van der Waals surface area contributed by atoms with Crippen LogP contribution < -0.4 is 0 Å². The predicted octanol–water partition coefficient (Wildman–Crippen LogP) is 2.53. The number of rotatable bonds is 4. The number of hydrogen-bond donors (Lipinski definition) is 1. The van der Waals surface area contributed by atoms with Crippen LogP contribution in [0.3, 0.4) is 0 Å². The molecule has 0 aromatic heterocycles. The molecule has 1 aromatic rings. The van der Waals surface area contributed by atoms with Gasteiger partial charge in [-0.1, -0.05) is 22.8 Å². The van der Waals surface area contributed by atoms with E-state index in [0.29, 0.717) is 0 Å². The molecule has 0 saturated carbocycles. The van der Waals surface area contributed by atoms with Crippen molar-refractivity contribution in [2.24, 2.45) is 5.11 Å². The fraction of sp³-hybridized carbons (Fsp3) is 0.611. The summed E-state index contributed by atoms with van der Waals surface area (Å²) in [5.74, 6) is -0.697. The molecular weight excluding hydrogens is 384 g/mol. The third kappa shape index (κ3) is 5.23. The molecule has 1 saturated heterocycles. The lowest BCUT2D eigenvalue weighted by molar-refractivity contribution is -0.159. The molecule has 0 amide bonds. The van der Waals surface area contributed by atoms with Crippen molar-refractivity contribution < 1.29 is 23.1 Å². The van der Waals surface area contributed by atoms with E-state index in [9.17, 15) is 18.3 Å². The summed E-state index contributed by atoms with van der Waals surface area (Å²) in [6.07, 6.45) is -1.00. The molecule has 1 heterocycles. The zero-order valence-electron chi connectivity index (χ0n) is 16.4. The van der Waals surface area contributed by atoms with Gasteiger partial charge in [-0.25, -0.2) is 8.42 Å². The van der Waals surface area contributed by atoms with E-state index in [1.807, 2.05) is 6.92 Å². The number of sulfonamides is 1. The molecule has 0 radical (unpaired) electrons. The normalized spacial score (nSPS) is 24.1. The van der Waals surface area contributed by atoms with Crippen LogP contribution in [-0.4, -0.2) is 54.1 Å². The van der Waals surface area contributed by atoms with Gasteiger partial charge in [0.15, 0.2) is 0 Å². The molecule has 1 aliphatic rings. The Balaban J connectivity index is 2.47. The molecular formula is C18H26N4O5S. The number of azide groups is 1. The van der Waals surface area contributed by atoms with E-state index in [1.165, 1.54) is 12.1 Å². The number of carbonyl (C=O) groups excluding carboxylic acids is 1. The number of nitrogens with zero attached hydrogens (tertiary/aromatic N) is 4. The molecule has 1 fully saturated rings. The maximum absolute atomic E-state index is 13.2. The highest BCUT2D eigenvalue weighted by atomic mass is 32.2. The average Bonchev–Trinajstić information content (AvgIpc) is 2.74. The van der Waals surface area contributed by atoms with Crippen LogP contribution in [-0.2, 0) is 19.6 Å². The second-order valence-electron chi connectivity index (χ2n) is 7.85. The SMILES string of the molecule is Cc1ccc(S(=O)(=O)N2C[C@@H](O)[C@H](N=[N+]=[N-])CC[C@H]2C(=O)OC(C)(C)C)cc1. The van der Waals surface area contributed by atoms with Gasteiger partial charge in [0, 0.05) is 11.5 Å². The minimum absolute atomic E-state index is 0.0149. The standard InChI is InChI=1S/C18H26N4O5S/c1-12-5-7-13(8-6-12)28(25,26)22-11-16(23)14(20-21-19)9-10-15(22)17(24)27-18(2,3)4/h5-8,14-16,23H,9-11H2,1-4H3/t14-,15+,16-/m1/s1. The monoisotopic (exact) mass is 410 g/mol. The summed E-state index contributed by atoms with van der Waals surface area (Å²) in [6.45, 7) is 6.54. The number of aliphatic hydroxyl groups is 1. The zero-order chi connectivity index (χ0) is 21.1. The Morgan fingerprint density at radius 2 is 1.89 bits per heavy atom. The van der Waals surface area contributed by atoms with E-state index >= 15 is 0 Å². The molecule has 3 atom stereocenters. The molecule has 2 rings (SSSR count). The highest BCUT2D eigenvalue weighted by molar-refractivity contribution is 7.89. The number of aliphatic hydroxyl groups excluding tert-OH is 1. The second kappa shape index (κ2) is 8.48. The van der Waals surface area contributed by atoms with Gasteiger partial charge in [0.25, 0.3) is 0 Å².